The van der Waals surface area contributed by atoms with Crippen LogP contribution in [0.1, 0.15) is 32.4 Å². The monoisotopic (exact) mass is 427 g/mol. The summed E-state index contributed by atoms with van der Waals surface area (Å²) in [6.07, 6.45) is 0.579. The molecule has 0 atom stereocenters. The second-order valence-corrected chi connectivity index (χ2v) is 8.97. The van der Waals surface area contributed by atoms with Gasteiger partial charge in [0.2, 0.25) is 15.9 Å². The van der Waals surface area contributed by atoms with Crippen molar-refractivity contribution in [3.63, 3.8) is 0 Å². The van der Waals surface area contributed by atoms with E-state index >= 15 is 0 Å². The number of anilines is 1. The lowest BCUT2D eigenvalue weighted by Gasteiger charge is -2.19. The Morgan fingerprint density at radius 3 is 2.54 bits per heavy atom. The van der Waals surface area contributed by atoms with Gasteiger partial charge in [-0.05, 0) is 31.5 Å². The summed E-state index contributed by atoms with van der Waals surface area (Å²) >= 11 is 1.12. The molecule has 0 spiro atoms. The van der Waals surface area contributed by atoms with Crippen molar-refractivity contribution in [2.24, 2.45) is 0 Å². The van der Waals surface area contributed by atoms with E-state index in [0.29, 0.717) is 26.1 Å². The van der Waals surface area contributed by atoms with Crippen LogP contribution in [-0.4, -0.2) is 41.4 Å². The number of hydrogen-bond donors (Lipinski definition) is 2. The average Bonchev–Trinajstić information content (AvgIpc) is 2.96. The lowest BCUT2D eigenvalue weighted by molar-refractivity contribution is -0.116. The van der Waals surface area contributed by atoms with Crippen LogP contribution in [0, 0.1) is 6.92 Å². The maximum Gasteiger partial charge on any atom is 0.307 e. The van der Waals surface area contributed by atoms with Gasteiger partial charge < -0.3 is 15.0 Å². The van der Waals surface area contributed by atoms with Gasteiger partial charge in [0.05, 0.1) is 10.6 Å². The van der Waals surface area contributed by atoms with Gasteiger partial charge in [-0.2, -0.15) is 4.31 Å². The Morgan fingerprint density at radius 1 is 1.29 bits per heavy atom. The highest BCUT2D eigenvalue weighted by Gasteiger charge is 2.23. The van der Waals surface area contributed by atoms with Crippen molar-refractivity contribution in [3.8, 4) is 5.75 Å². The molecule has 2 rings (SSSR count). The second-order valence-electron chi connectivity index (χ2n) is 6.21. The minimum atomic E-state index is -3.70. The molecule has 2 N–H and O–H groups in total. The van der Waals surface area contributed by atoms with E-state index in [1.54, 1.807) is 23.8 Å². The van der Waals surface area contributed by atoms with E-state index in [0.717, 1.165) is 17.0 Å². The topological polar surface area (TPSA) is 109 Å². The number of phenols is 1. The summed E-state index contributed by atoms with van der Waals surface area (Å²) < 4.78 is 28.1. The molecule has 28 heavy (non-hydrogen) atoms. The number of aryl methyl sites for hydroxylation is 1. The molecule has 0 fully saturated rings. The van der Waals surface area contributed by atoms with Crippen LogP contribution >= 0.6 is 11.3 Å². The van der Waals surface area contributed by atoms with Gasteiger partial charge in [-0.1, -0.05) is 25.2 Å². The van der Waals surface area contributed by atoms with E-state index in [-0.39, 0.29) is 33.5 Å². The van der Waals surface area contributed by atoms with E-state index in [4.69, 9.17) is 0 Å². The Labute approximate surface area is 168 Å². The van der Waals surface area contributed by atoms with E-state index < -0.39 is 10.0 Å². The number of aromatic hydroxyl groups is 1. The van der Waals surface area contributed by atoms with Crippen LogP contribution in [0.2, 0.25) is 0 Å². The van der Waals surface area contributed by atoms with Crippen molar-refractivity contribution in [1.82, 2.24) is 8.87 Å². The first-order chi connectivity index (χ1) is 13.2. The molecule has 1 amide bonds. The zero-order valence-corrected chi connectivity index (χ0v) is 17.8. The van der Waals surface area contributed by atoms with Crippen LogP contribution in [0.4, 0.5) is 5.69 Å². The molecule has 1 heterocycles. The van der Waals surface area contributed by atoms with Crippen LogP contribution in [-0.2, 0) is 21.4 Å². The molecule has 1 aromatic heterocycles. The molecule has 0 aliphatic heterocycles. The summed E-state index contributed by atoms with van der Waals surface area (Å²) in [7, 11) is -3.70. The number of sulfonamides is 1. The average molecular weight is 428 g/mol. The Balaban J connectivity index is 2.07. The van der Waals surface area contributed by atoms with Crippen molar-refractivity contribution in [2.45, 2.75) is 45.1 Å². The number of aromatic nitrogens is 1. The van der Waals surface area contributed by atoms with Crippen molar-refractivity contribution in [3.05, 3.63) is 38.9 Å². The minimum Gasteiger partial charge on any atom is -0.506 e. The molecule has 0 unspecified atom stereocenters. The number of benzene rings is 1. The highest BCUT2D eigenvalue weighted by molar-refractivity contribution is 7.89. The van der Waals surface area contributed by atoms with Crippen LogP contribution in [0.25, 0.3) is 0 Å². The first kappa shape index (κ1) is 22.1. The highest BCUT2D eigenvalue weighted by atomic mass is 32.2. The number of nitrogens with zero attached hydrogens (tertiary/aromatic N) is 2. The zero-order chi connectivity index (χ0) is 20.9. The van der Waals surface area contributed by atoms with Crippen LogP contribution in [0.3, 0.4) is 0 Å². The van der Waals surface area contributed by atoms with Gasteiger partial charge in [-0.15, -0.1) is 0 Å². The van der Waals surface area contributed by atoms with Crippen molar-refractivity contribution >= 4 is 33.0 Å². The molecular formula is C18H25N3O5S2. The standard InChI is InChI=1S/C18H25N3O5S2/c1-4-20(5-2)28(25,26)14-8-9-16(22)15(11-14)19-17(23)7-6-10-21-13(3)12-27-18(21)24/h8-9,11-12,22H,4-7,10H2,1-3H3,(H,19,23). The van der Waals surface area contributed by atoms with Gasteiger partial charge in [0.25, 0.3) is 0 Å². The Kier molecular flexibility index (Phi) is 7.39. The first-order valence-electron chi connectivity index (χ1n) is 8.98. The fourth-order valence-electron chi connectivity index (χ4n) is 2.77. The number of rotatable bonds is 9. The predicted octanol–water partition coefficient (Wildman–Crippen LogP) is 2.37. The summed E-state index contributed by atoms with van der Waals surface area (Å²) in [6.45, 7) is 6.38. The minimum absolute atomic E-state index is 0.00440. The molecule has 0 aliphatic carbocycles. The van der Waals surface area contributed by atoms with Gasteiger partial charge in [0, 0.05) is 37.1 Å². The molecule has 0 saturated carbocycles. The smallest absolute Gasteiger partial charge is 0.307 e. The molecule has 8 nitrogen and oxygen atoms in total. The van der Waals surface area contributed by atoms with Gasteiger partial charge in [0.1, 0.15) is 5.75 Å². The molecule has 0 aliphatic rings. The maximum absolute atomic E-state index is 12.6. The molecule has 154 valence electrons. The number of hydrogen-bond acceptors (Lipinski definition) is 6. The number of thiazole rings is 1. The van der Waals surface area contributed by atoms with Crippen LogP contribution in [0.5, 0.6) is 5.75 Å². The third kappa shape index (κ3) is 5.00. The van der Waals surface area contributed by atoms with E-state index in [2.05, 4.69) is 5.32 Å². The number of nitrogens with one attached hydrogen (secondary N) is 1. The number of carbonyl (C=O) groups is 1. The van der Waals surface area contributed by atoms with Gasteiger partial charge >= 0.3 is 4.87 Å². The molecule has 0 bridgehead atoms. The quantitative estimate of drug-likeness (QED) is 0.597. The fraction of sp³-hybridized carbons (Fsp3) is 0.444. The van der Waals surface area contributed by atoms with Gasteiger partial charge in [0.15, 0.2) is 0 Å². The number of carbonyl (C=O) groups excluding carboxylic acids is 1. The van der Waals surface area contributed by atoms with Gasteiger partial charge in [-0.3, -0.25) is 9.59 Å². The molecule has 0 saturated heterocycles. The summed E-state index contributed by atoms with van der Waals surface area (Å²) in [5.41, 5.74) is 0.893. The summed E-state index contributed by atoms with van der Waals surface area (Å²) in [6, 6.07) is 3.82. The highest BCUT2D eigenvalue weighted by Crippen LogP contribution is 2.28. The largest absolute Gasteiger partial charge is 0.506 e. The Bertz CT molecular complexity index is 991. The summed E-state index contributed by atoms with van der Waals surface area (Å²) in [5.74, 6) is -0.578. The third-order valence-electron chi connectivity index (χ3n) is 4.35. The molecule has 0 radical (unpaired) electrons. The lowest BCUT2D eigenvalue weighted by Crippen LogP contribution is -2.30. The third-order valence-corrected chi connectivity index (χ3v) is 7.27. The van der Waals surface area contributed by atoms with Crippen LogP contribution < -0.4 is 10.2 Å². The molecular weight excluding hydrogens is 402 g/mol. The van der Waals surface area contributed by atoms with Crippen molar-refractivity contribution in [1.29, 1.82) is 0 Å². The number of amides is 1. The lowest BCUT2D eigenvalue weighted by atomic mass is 10.2. The molecule has 1 aromatic carbocycles. The normalized spacial score (nSPS) is 11.7. The van der Waals surface area contributed by atoms with E-state index in [9.17, 15) is 23.1 Å². The summed E-state index contributed by atoms with van der Waals surface area (Å²) in [4.78, 5) is 23.8. The first-order valence-corrected chi connectivity index (χ1v) is 11.3. The second kappa shape index (κ2) is 9.35. The number of phenolic OH excluding ortho intramolecular Hbond substituents is 1. The Hall–Kier alpha value is -2.17. The molecule has 2 aromatic rings. The van der Waals surface area contributed by atoms with Crippen molar-refractivity contribution in [2.75, 3.05) is 18.4 Å². The van der Waals surface area contributed by atoms with E-state index in [1.165, 1.54) is 22.5 Å². The van der Waals surface area contributed by atoms with E-state index in [1.807, 2.05) is 6.92 Å². The predicted molar refractivity (Wildman–Crippen MR) is 109 cm³/mol. The molecule has 10 heteroatoms. The zero-order valence-electron chi connectivity index (χ0n) is 16.1. The fourth-order valence-corrected chi connectivity index (χ4v) is 5.02. The summed E-state index contributed by atoms with van der Waals surface area (Å²) in [5, 5.41) is 14.3. The van der Waals surface area contributed by atoms with Gasteiger partial charge in [-0.25, -0.2) is 8.42 Å². The maximum atomic E-state index is 12.6. The van der Waals surface area contributed by atoms with Crippen molar-refractivity contribution < 1.29 is 18.3 Å². The van der Waals surface area contributed by atoms with Crippen LogP contribution in [0.15, 0.2) is 33.3 Å². The SMILES string of the molecule is CCN(CC)S(=O)(=O)c1ccc(O)c(NC(=O)CCCn2c(C)csc2=O)c1. The Morgan fingerprint density at radius 2 is 1.96 bits per heavy atom.